The van der Waals surface area contributed by atoms with Crippen LogP contribution >= 0.6 is 0 Å². The zero-order valence-corrected chi connectivity index (χ0v) is 15.1. The monoisotopic (exact) mass is 363 g/mol. The number of halogens is 3. The summed E-state index contributed by atoms with van der Waals surface area (Å²) in [5.41, 5.74) is 4.11. The van der Waals surface area contributed by atoms with Crippen molar-refractivity contribution in [2.75, 3.05) is 13.7 Å². The average molecular weight is 363 g/mol. The Morgan fingerprint density at radius 2 is 1.88 bits per heavy atom. The van der Waals surface area contributed by atoms with E-state index < -0.39 is 11.7 Å². The molecule has 1 N–H and O–H groups in total. The summed E-state index contributed by atoms with van der Waals surface area (Å²) >= 11 is 0. The number of alkyl halides is 3. The molecule has 1 atom stereocenters. The molecule has 1 heterocycles. The molecule has 0 saturated heterocycles. The number of rotatable bonds is 5. The van der Waals surface area contributed by atoms with Crippen LogP contribution in [-0.2, 0) is 25.4 Å². The van der Waals surface area contributed by atoms with Crippen molar-refractivity contribution in [3.63, 3.8) is 0 Å². The summed E-state index contributed by atoms with van der Waals surface area (Å²) in [7, 11) is 1.70. The predicted molar refractivity (Wildman–Crippen MR) is 96.6 cm³/mol. The van der Waals surface area contributed by atoms with Crippen molar-refractivity contribution in [1.82, 2.24) is 5.32 Å². The van der Waals surface area contributed by atoms with Gasteiger partial charge in [-0.05, 0) is 72.7 Å². The van der Waals surface area contributed by atoms with E-state index in [1.807, 2.05) is 0 Å². The second-order valence-electron chi connectivity index (χ2n) is 6.71. The molecule has 26 heavy (non-hydrogen) atoms. The van der Waals surface area contributed by atoms with Gasteiger partial charge in [-0.1, -0.05) is 25.1 Å². The predicted octanol–water partition coefficient (Wildman–Crippen LogP) is 5.10. The summed E-state index contributed by atoms with van der Waals surface area (Å²) in [5, 5.41) is 3.55. The zero-order chi connectivity index (χ0) is 18.7. The maximum atomic E-state index is 12.7. The summed E-state index contributed by atoms with van der Waals surface area (Å²) in [4.78, 5) is 0. The number of aryl methyl sites for hydroxylation is 2. The third-order valence-electron chi connectivity index (χ3n) is 5.09. The van der Waals surface area contributed by atoms with E-state index in [9.17, 15) is 13.2 Å². The quantitative estimate of drug-likeness (QED) is 0.798. The fourth-order valence-electron chi connectivity index (χ4n) is 3.61. The van der Waals surface area contributed by atoms with E-state index in [2.05, 4.69) is 24.4 Å². The van der Waals surface area contributed by atoms with E-state index in [-0.39, 0.29) is 6.04 Å². The Bertz CT molecular complexity index is 753. The van der Waals surface area contributed by atoms with Crippen LogP contribution in [0.5, 0.6) is 5.75 Å². The van der Waals surface area contributed by atoms with Gasteiger partial charge in [0.25, 0.3) is 0 Å². The smallest absolute Gasteiger partial charge is 0.416 e. The molecule has 140 valence electrons. The minimum atomic E-state index is -4.28. The Morgan fingerprint density at radius 1 is 1.15 bits per heavy atom. The van der Waals surface area contributed by atoms with Gasteiger partial charge in [0.15, 0.2) is 0 Å². The lowest BCUT2D eigenvalue weighted by Crippen LogP contribution is -2.30. The van der Waals surface area contributed by atoms with Gasteiger partial charge >= 0.3 is 6.18 Å². The van der Waals surface area contributed by atoms with Crippen LogP contribution in [0.1, 0.15) is 47.2 Å². The van der Waals surface area contributed by atoms with Gasteiger partial charge in [0.2, 0.25) is 0 Å². The molecular weight excluding hydrogens is 339 g/mol. The molecule has 0 spiro atoms. The summed E-state index contributed by atoms with van der Waals surface area (Å²) < 4.78 is 43.5. The van der Waals surface area contributed by atoms with E-state index >= 15 is 0 Å². The van der Waals surface area contributed by atoms with Gasteiger partial charge in [0.05, 0.1) is 12.7 Å². The van der Waals surface area contributed by atoms with Crippen LogP contribution < -0.4 is 10.1 Å². The molecule has 0 aliphatic carbocycles. The van der Waals surface area contributed by atoms with Crippen molar-refractivity contribution in [2.24, 2.45) is 0 Å². The normalized spacial score (nSPS) is 17.0. The molecular formula is C21H24F3NO. The molecule has 2 aromatic rings. The van der Waals surface area contributed by atoms with E-state index in [4.69, 9.17) is 4.74 Å². The van der Waals surface area contributed by atoms with Gasteiger partial charge in [0, 0.05) is 6.04 Å². The molecule has 2 nitrogen and oxygen atoms in total. The van der Waals surface area contributed by atoms with Crippen LogP contribution in [0.2, 0.25) is 0 Å². The standard InChI is InChI=1S/C21H24F3NO/c1-3-15-12-18-16(13-20(15)26-2)10-11-25-19(18)9-6-14-4-7-17(8-5-14)21(22,23)24/h4-5,7-8,12-13,19,25H,3,6,9-11H2,1-2H3/t19-/m0/s1. The highest BCUT2D eigenvalue weighted by molar-refractivity contribution is 5.45. The third-order valence-corrected chi connectivity index (χ3v) is 5.09. The molecule has 0 aromatic heterocycles. The van der Waals surface area contributed by atoms with E-state index in [1.165, 1.54) is 16.7 Å². The number of hydrogen-bond donors (Lipinski definition) is 1. The Morgan fingerprint density at radius 3 is 2.50 bits per heavy atom. The molecule has 0 amide bonds. The van der Waals surface area contributed by atoms with Crippen LogP contribution in [0.25, 0.3) is 0 Å². The Balaban J connectivity index is 1.74. The van der Waals surface area contributed by atoms with Crippen LogP contribution in [0, 0.1) is 0 Å². The van der Waals surface area contributed by atoms with Gasteiger partial charge in [0.1, 0.15) is 5.75 Å². The Kier molecular flexibility index (Phi) is 5.56. The Hall–Kier alpha value is -2.01. The van der Waals surface area contributed by atoms with Gasteiger partial charge in [-0.15, -0.1) is 0 Å². The molecule has 3 rings (SSSR count). The second kappa shape index (κ2) is 7.70. The number of benzene rings is 2. The first kappa shape index (κ1) is 18.8. The third kappa shape index (κ3) is 4.04. The van der Waals surface area contributed by atoms with Gasteiger partial charge in [-0.3, -0.25) is 0 Å². The van der Waals surface area contributed by atoms with Crippen molar-refractivity contribution in [1.29, 1.82) is 0 Å². The number of methoxy groups -OCH3 is 1. The highest BCUT2D eigenvalue weighted by Crippen LogP contribution is 2.33. The van der Waals surface area contributed by atoms with Crippen molar-refractivity contribution >= 4 is 0 Å². The van der Waals surface area contributed by atoms with Crippen molar-refractivity contribution in [2.45, 2.75) is 44.8 Å². The van der Waals surface area contributed by atoms with Gasteiger partial charge in [-0.2, -0.15) is 13.2 Å². The Labute approximate surface area is 152 Å². The maximum absolute atomic E-state index is 12.7. The van der Waals surface area contributed by atoms with Crippen molar-refractivity contribution in [3.8, 4) is 5.75 Å². The molecule has 0 bridgehead atoms. The molecule has 1 aliphatic rings. The lowest BCUT2D eigenvalue weighted by atomic mass is 9.88. The van der Waals surface area contributed by atoms with E-state index in [0.29, 0.717) is 0 Å². The lowest BCUT2D eigenvalue weighted by Gasteiger charge is -2.28. The largest absolute Gasteiger partial charge is 0.496 e. The lowest BCUT2D eigenvalue weighted by molar-refractivity contribution is -0.137. The molecule has 0 unspecified atom stereocenters. The molecule has 5 heteroatoms. The first-order valence-corrected chi connectivity index (χ1v) is 9.01. The highest BCUT2D eigenvalue weighted by Gasteiger charge is 2.30. The summed E-state index contributed by atoms with van der Waals surface area (Å²) in [6.45, 7) is 3.01. The van der Waals surface area contributed by atoms with Gasteiger partial charge < -0.3 is 10.1 Å². The number of hydrogen-bond acceptors (Lipinski definition) is 2. The summed E-state index contributed by atoms with van der Waals surface area (Å²) in [6.07, 6.45) is -0.816. The maximum Gasteiger partial charge on any atom is 0.416 e. The van der Waals surface area contributed by atoms with Crippen LogP contribution in [0.3, 0.4) is 0 Å². The molecule has 0 saturated carbocycles. The van der Waals surface area contributed by atoms with Crippen LogP contribution in [-0.4, -0.2) is 13.7 Å². The molecule has 1 aliphatic heterocycles. The minimum absolute atomic E-state index is 0.220. The first-order valence-electron chi connectivity index (χ1n) is 9.01. The van der Waals surface area contributed by atoms with Crippen LogP contribution in [0.4, 0.5) is 13.2 Å². The van der Waals surface area contributed by atoms with E-state index in [1.54, 1.807) is 19.2 Å². The van der Waals surface area contributed by atoms with Crippen molar-refractivity contribution < 1.29 is 17.9 Å². The SMILES string of the molecule is CCc1cc2c(cc1OC)CCN[C@H]2CCc1ccc(C(F)(F)F)cc1. The van der Waals surface area contributed by atoms with Gasteiger partial charge in [-0.25, -0.2) is 0 Å². The highest BCUT2D eigenvalue weighted by atomic mass is 19.4. The fourth-order valence-corrected chi connectivity index (χ4v) is 3.61. The molecule has 0 radical (unpaired) electrons. The fraction of sp³-hybridized carbons (Fsp3) is 0.429. The number of fused-ring (bicyclic) bond motifs is 1. The average Bonchev–Trinajstić information content (AvgIpc) is 2.64. The zero-order valence-electron chi connectivity index (χ0n) is 15.1. The minimum Gasteiger partial charge on any atom is -0.496 e. The topological polar surface area (TPSA) is 21.3 Å². The second-order valence-corrected chi connectivity index (χ2v) is 6.71. The molecule has 0 fully saturated rings. The summed E-state index contributed by atoms with van der Waals surface area (Å²) in [5.74, 6) is 0.939. The number of nitrogens with one attached hydrogen (secondary N) is 1. The van der Waals surface area contributed by atoms with Crippen molar-refractivity contribution in [3.05, 3.63) is 64.2 Å². The molecule has 2 aromatic carbocycles. The number of ether oxygens (including phenoxy) is 1. The summed E-state index contributed by atoms with van der Waals surface area (Å²) in [6, 6.07) is 10.1. The van der Waals surface area contributed by atoms with E-state index in [0.717, 1.165) is 55.7 Å². The van der Waals surface area contributed by atoms with Crippen LogP contribution in [0.15, 0.2) is 36.4 Å². The first-order chi connectivity index (χ1) is 12.4.